The first-order chi connectivity index (χ1) is 9.06. The monoisotopic (exact) mass is 341 g/mol. The zero-order valence-corrected chi connectivity index (χ0v) is 13.6. The smallest absolute Gasteiger partial charge is 0.0762 e. The number of hydrogen-bond donors (Lipinski definition) is 1. The van der Waals surface area contributed by atoms with Gasteiger partial charge >= 0.3 is 0 Å². The summed E-state index contributed by atoms with van der Waals surface area (Å²) in [6.45, 7) is 5.01. The quantitative estimate of drug-likeness (QED) is 0.915. The molecule has 0 saturated heterocycles. The van der Waals surface area contributed by atoms with Crippen molar-refractivity contribution in [3.63, 3.8) is 0 Å². The first kappa shape index (κ1) is 14.6. The molecule has 0 fully saturated rings. The van der Waals surface area contributed by atoms with Gasteiger partial charge in [-0.3, -0.25) is 4.68 Å². The summed E-state index contributed by atoms with van der Waals surface area (Å²) in [7, 11) is 1.95. The lowest BCUT2D eigenvalue weighted by atomic mass is 9.98. The van der Waals surface area contributed by atoms with Gasteiger partial charge in [0, 0.05) is 12.1 Å². The SMILES string of the molecule is CCNC(c1cccc(Cl)c1C)c1c(Br)cnn1C. The van der Waals surface area contributed by atoms with Gasteiger partial charge in [0.05, 0.1) is 22.4 Å². The first-order valence-corrected chi connectivity index (χ1v) is 7.39. The number of hydrogen-bond acceptors (Lipinski definition) is 2. The molecule has 0 radical (unpaired) electrons. The number of benzene rings is 1. The van der Waals surface area contributed by atoms with Crippen molar-refractivity contribution < 1.29 is 0 Å². The van der Waals surface area contributed by atoms with E-state index in [1.807, 2.05) is 37.0 Å². The molecule has 1 aromatic heterocycles. The van der Waals surface area contributed by atoms with Crippen LogP contribution in [0.2, 0.25) is 5.02 Å². The molecule has 0 saturated carbocycles. The number of nitrogens with one attached hydrogen (secondary N) is 1. The van der Waals surface area contributed by atoms with Gasteiger partial charge in [-0.2, -0.15) is 5.10 Å². The molecular formula is C14H17BrClN3. The van der Waals surface area contributed by atoms with Crippen LogP contribution in [-0.4, -0.2) is 16.3 Å². The number of aromatic nitrogens is 2. The lowest BCUT2D eigenvalue weighted by molar-refractivity contribution is 0.569. The molecule has 1 N–H and O–H groups in total. The molecule has 2 rings (SSSR count). The van der Waals surface area contributed by atoms with Crippen LogP contribution in [0.5, 0.6) is 0 Å². The Balaban J connectivity index is 2.55. The molecule has 0 aliphatic rings. The molecule has 0 aliphatic carbocycles. The van der Waals surface area contributed by atoms with Gasteiger partial charge in [0.15, 0.2) is 0 Å². The van der Waals surface area contributed by atoms with Crippen LogP contribution in [0, 0.1) is 6.92 Å². The van der Waals surface area contributed by atoms with E-state index in [9.17, 15) is 0 Å². The van der Waals surface area contributed by atoms with Gasteiger partial charge in [-0.25, -0.2) is 0 Å². The highest BCUT2D eigenvalue weighted by atomic mass is 79.9. The number of rotatable bonds is 4. The van der Waals surface area contributed by atoms with Crippen LogP contribution in [0.1, 0.15) is 29.8 Å². The van der Waals surface area contributed by atoms with E-state index in [2.05, 4.69) is 39.3 Å². The highest BCUT2D eigenvalue weighted by molar-refractivity contribution is 9.10. The predicted octanol–water partition coefficient (Wildman–Crippen LogP) is 3.84. The third kappa shape index (κ3) is 2.86. The molecule has 0 amide bonds. The maximum atomic E-state index is 6.24. The van der Waals surface area contributed by atoms with E-state index in [1.165, 1.54) is 5.56 Å². The molecule has 1 aromatic carbocycles. The minimum Gasteiger partial charge on any atom is -0.305 e. The molecule has 1 heterocycles. The topological polar surface area (TPSA) is 29.9 Å². The zero-order chi connectivity index (χ0) is 14.0. The van der Waals surface area contributed by atoms with E-state index in [1.54, 1.807) is 0 Å². The highest BCUT2D eigenvalue weighted by Gasteiger charge is 2.22. The second kappa shape index (κ2) is 6.07. The van der Waals surface area contributed by atoms with E-state index >= 15 is 0 Å². The predicted molar refractivity (Wildman–Crippen MR) is 82.6 cm³/mol. The molecule has 0 bridgehead atoms. The van der Waals surface area contributed by atoms with Crippen LogP contribution in [-0.2, 0) is 7.05 Å². The van der Waals surface area contributed by atoms with E-state index in [0.717, 1.165) is 27.3 Å². The minimum atomic E-state index is 0.0746. The Hall–Kier alpha value is -0.840. The standard InChI is InChI=1S/C14H17BrClN3/c1-4-17-13(14-11(15)8-18-19(14)3)10-6-5-7-12(16)9(10)2/h5-8,13,17H,4H2,1-3H3. The number of nitrogens with zero attached hydrogens (tertiary/aromatic N) is 2. The summed E-state index contributed by atoms with van der Waals surface area (Å²) in [4.78, 5) is 0. The summed E-state index contributed by atoms with van der Waals surface area (Å²) in [6.07, 6.45) is 1.82. The third-order valence-electron chi connectivity index (χ3n) is 3.24. The molecule has 1 unspecified atom stereocenters. The zero-order valence-electron chi connectivity index (χ0n) is 11.2. The van der Waals surface area contributed by atoms with Gasteiger partial charge < -0.3 is 5.32 Å². The summed E-state index contributed by atoms with van der Waals surface area (Å²) < 4.78 is 2.89. The van der Waals surface area contributed by atoms with Crippen molar-refractivity contribution in [2.75, 3.05) is 6.54 Å². The molecule has 5 heteroatoms. The molecular weight excluding hydrogens is 326 g/mol. The van der Waals surface area contributed by atoms with Crippen LogP contribution in [0.25, 0.3) is 0 Å². The normalized spacial score (nSPS) is 12.7. The molecule has 19 heavy (non-hydrogen) atoms. The summed E-state index contributed by atoms with van der Waals surface area (Å²) in [6, 6.07) is 6.08. The van der Waals surface area contributed by atoms with Gasteiger partial charge in [0.25, 0.3) is 0 Å². The van der Waals surface area contributed by atoms with Crippen LogP contribution in [0.15, 0.2) is 28.9 Å². The average molecular weight is 343 g/mol. The third-order valence-corrected chi connectivity index (χ3v) is 4.26. The van der Waals surface area contributed by atoms with Gasteiger partial charge in [-0.05, 0) is 46.6 Å². The van der Waals surface area contributed by atoms with E-state index in [4.69, 9.17) is 11.6 Å². The van der Waals surface area contributed by atoms with Crippen LogP contribution < -0.4 is 5.32 Å². The second-order valence-electron chi connectivity index (χ2n) is 4.45. The Labute approximate surface area is 127 Å². The van der Waals surface area contributed by atoms with Gasteiger partial charge in [-0.1, -0.05) is 30.7 Å². The van der Waals surface area contributed by atoms with Gasteiger partial charge in [0.2, 0.25) is 0 Å². The maximum absolute atomic E-state index is 6.24. The lowest BCUT2D eigenvalue weighted by Crippen LogP contribution is -2.25. The molecule has 102 valence electrons. The Kier molecular flexibility index (Phi) is 4.66. The average Bonchev–Trinajstić information content (AvgIpc) is 2.70. The Morgan fingerprint density at radius 3 is 2.79 bits per heavy atom. The van der Waals surface area contributed by atoms with Crippen LogP contribution in [0.4, 0.5) is 0 Å². The van der Waals surface area contributed by atoms with Crippen LogP contribution >= 0.6 is 27.5 Å². The van der Waals surface area contributed by atoms with Crippen molar-refractivity contribution in [3.8, 4) is 0 Å². The van der Waals surface area contributed by atoms with E-state index in [-0.39, 0.29) is 6.04 Å². The molecule has 3 nitrogen and oxygen atoms in total. The Morgan fingerprint density at radius 1 is 1.47 bits per heavy atom. The molecule has 0 spiro atoms. The van der Waals surface area contributed by atoms with E-state index < -0.39 is 0 Å². The summed E-state index contributed by atoms with van der Waals surface area (Å²) in [5.74, 6) is 0. The van der Waals surface area contributed by atoms with Crippen LogP contribution in [0.3, 0.4) is 0 Å². The van der Waals surface area contributed by atoms with Crippen molar-refractivity contribution in [3.05, 3.63) is 50.7 Å². The molecule has 2 aromatic rings. The Bertz CT molecular complexity index is 561. The summed E-state index contributed by atoms with van der Waals surface area (Å²) in [5, 5.41) is 8.59. The lowest BCUT2D eigenvalue weighted by Gasteiger charge is -2.22. The summed E-state index contributed by atoms with van der Waals surface area (Å²) >= 11 is 9.81. The van der Waals surface area contributed by atoms with Crippen molar-refractivity contribution >= 4 is 27.5 Å². The minimum absolute atomic E-state index is 0.0746. The molecule has 0 aliphatic heterocycles. The first-order valence-electron chi connectivity index (χ1n) is 6.22. The van der Waals surface area contributed by atoms with E-state index in [0.29, 0.717) is 0 Å². The number of aryl methyl sites for hydroxylation is 1. The number of halogens is 2. The second-order valence-corrected chi connectivity index (χ2v) is 5.71. The Morgan fingerprint density at radius 2 is 2.21 bits per heavy atom. The maximum Gasteiger partial charge on any atom is 0.0762 e. The van der Waals surface area contributed by atoms with Crippen molar-refractivity contribution in [1.82, 2.24) is 15.1 Å². The van der Waals surface area contributed by atoms with Crippen molar-refractivity contribution in [2.24, 2.45) is 7.05 Å². The van der Waals surface area contributed by atoms with Gasteiger partial charge in [-0.15, -0.1) is 0 Å². The van der Waals surface area contributed by atoms with Gasteiger partial charge in [0.1, 0.15) is 0 Å². The highest BCUT2D eigenvalue weighted by Crippen LogP contribution is 2.32. The molecule has 1 atom stereocenters. The fraction of sp³-hybridized carbons (Fsp3) is 0.357. The largest absolute Gasteiger partial charge is 0.305 e. The fourth-order valence-electron chi connectivity index (χ4n) is 2.24. The van der Waals surface area contributed by atoms with Crippen molar-refractivity contribution in [2.45, 2.75) is 19.9 Å². The van der Waals surface area contributed by atoms with Crippen molar-refractivity contribution in [1.29, 1.82) is 0 Å². The summed E-state index contributed by atoms with van der Waals surface area (Å²) in [5.41, 5.74) is 3.38. The fourth-order valence-corrected chi connectivity index (χ4v) is 3.00.